The SMILES string of the molecule is CCNc1cc(-n2cccn2)ncn1. The van der Waals surface area contributed by atoms with Gasteiger partial charge in [-0.1, -0.05) is 0 Å². The Morgan fingerprint density at radius 3 is 3.07 bits per heavy atom. The van der Waals surface area contributed by atoms with Crippen LogP contribution in [-0.4, -0.2) is 26.3 Å². The fourth-order valence-electron chi connectivity index (χ4n) is 1.15. The third kappa shape index (κ3) is 1.71. The van der Waals surface area contributed by atoms with E-state index in [2.05, 4.69) is 20.4 Å². The molecule has 0 fully saturated rings. The molecule has 0 saturated carbocycles. The van der Waals surface area contributed by atoms with Gasteiger partial charge in [-0.3, -0.25) is 0 Å². The number of aromatic nitrogens is 4. The second-order valence-electron chi connectivity index (χ2n) is 2.74. The number of nitrogens with one attached hydrogen (secondary N) is 1. The molecule has 0 spiro atoms. The third-order valence-corrected chi connectivity index (χ3v) is 1.75. The molecule has 5 heteroatoms. The summed E-state index contributed by atoms with van der Waals surface area (Å²) in [5.74, 6) is 1.58. The molecule has 0 aliphatic rings. The summed E-state index contributed by atoms with van der Waals surface area (Å²) in [5.41, 5.74) is 0. The average Bonchev–Trinajstić information content (AvgIpc) is 2.71. The van der Waals surface area contributed by atoms with Gasteiger partial charge in [0, 0.05) is 25.0 Å². The molecule has 0 unspecified atom stereocenters. The smallest absolute Gasteiger partial charge is 0.158 e. The Morgan fingerprint density at radius 1 is 1.43 bits per heavy atom. The van der Waals surface area contributed by atoms with Crippen molar-refractivity contribution < 1.29 is 0 Å². The minimum atomic E-state index is 0.765. The summed E-state index contributed by atoms with van der Waals surface area (Å²) in [4.78, 5) is 8.19. The lowest BCUT2D eigenvalue weighted by Gasteiger charge is -2.03. The molecule has 0 radical (unpaired) electrons. The summed E-state index contributed by atoms with van der Waals surface area (Å²) in [6.45, 7) is 2.87. The molecule has 0 amide bonds. The second-order valence-corrected chi connectivity index (χ2v) is 2.74. The lowest BCUT2D eigenvalue weighted by atomic mass is 10.5. The van der Waals surface area contributed by atoms with E-state index >= 15 is 0 Å². The number of nitrogens with zero attached hydrogens (tertiary/aromatic N) is 4. The lowest BCUT2D eigenvalue weighted by Crippen LogP contribution is -2.03. The van der Waals surface area contributed by atoms with E-state index in [4.69, 9.17) is 0 Å². The van der Waals surface area contributed by atoms with Crippen LogP contribution >= 0.6 is 0 Å². The van der Waals surface area contributed by atoms with Crippen molar-refractivity contribution in [1.29, 1.82) is 0 Å². The quantitative estimate of drug-likeness (QED) is 0.785. The monoisotopic (exact) mass is 189 g/mol. The van der Waals surface area contributed by atoms with E-state index in [0.29, 0.717) is 0 Å². The number of hydrogen-bond donors (Lipinski definition) is 1. The highest BCUT2D eigenvalue weighted by molar-refractivity contribution is 5.39. The molecule has 2 aromatic rings. The molecule has 0 saturated heterocycles. The summed E-state index contributed by atoms with van der Waals surface area (Å²) in [5, 5.41) is 7.20. The zero-order valence-electron chi connectivity index (χ0n) is 7.88. The molecular formula is C9H11N5. The average molecular weight is 189 g/mol. The first-order valence-corrected chi connectivity index (χ1v) is 4.46. The fraction of sp³-hybridized carbons (Fsp3) is 0.222. The molecule has 0 aromatic carbocycles. The Balaban J connectivity index is 2.31. The van der Waals surface area contributed by atoms with Gasteiger partial charge in [0.15, 0.2) is 5.82 Å². The van der Waals surface area contributed by atoms with Crippen LogP contribution in [0, 0.1) is 0 Å². The minimum Gasteiger partial charge on any atom is -0.370 e. The molecule has 2 rings (SSSR count). The van der Waals surface area contributed by atoms with Crippen molar-refractivity contribution in [3.63, 3.8) is 0 Å². The molecule has 0 bridgehead atoms. The van der Waals surface area contributed by atoms with Gasteiger partial charge in [-0.25, -0.2) is 14.6 Å². The molecule has 0 aliphatic heterocycles. The van der Waals surface area contributed by atoms with E-state index in [1.807, 2.05) is 25.3 Å². The van der Waals surface area contributed by atoms with E-state index in [0.717, 1.165) is 18.2 Å². The Hall–Kier alpha value is -1.91. The molecule has 14 heavy (non-hydrogen) atoms. The normalized spacial score (nSPS) is 10.1. The van der Waals surface area contributed by atoms with Crippen molar-refractivity contribution >= 4 is 5.82 Å². The van der Waals surface area contributed by atoms with E-state index in [1.165, 1.54) is 6.33 Å². The molecule has 5 nitrogen and oxygen atoms in total. The van der Waals surface area contributed by atoms with Crippen LogP contribution in [0.4, 0.5) is 5.82 Å². The van der Waals surface area contributed by atoms with Gasteiger partial charge >= 0.3 is 0 Å². The van der Waals surface area contributed by atoms with E-state index in [1.54, 1.807) is 10.9 Å². The van der Waals surface area contributed by atoms with Crippen LogP contribution in [0.2, 0.25) is 0 Å². The maximum atomic E-state index is 4.11. The van der Waals surface area contributed by atoms with Crippen LogP contribution in [0.5, 0.6) is 0 Å². The van der Waals surface area contributed by atoms with Crippen molar-refractivity contribution in [2.45, 2.75) is 6.92 Å². The predicted molar refractivity (Wildman–Crippen MR) is 53.3 cm³/mol. The molecular weight excluding hydrogens is 178 g/mol. The van der Waals surface area contributed by atoms with E-state index < -0.39 is 0 Å². The van der Waals surface area contributed by atoms with Gasteiger partial charge in [0.25, 0.3) is 0 Å². The standard InChI is InChI=1S/C9H11N5/c1-2-10-8-6-9(12-7-11-8)14-5-3-4-13-14/h3-7H,2H2,1H3,(H,10,11,12). The van der Waals surface area contributed by atoms with Gasteiger partial charge in [0.2, 0.25) is 0 Å². The van der Waals surface area contributed by atoms with Crippen molar-refractivity contribution in [2.75, 3.05) is 11.9 Å². The maximum absolute atomic E-state index is 4.11. The molecule has 0 atom stereocenters. The Kier molecular flexibility index (Phi) is 2.40. The van der Waals surface area contributed by atoms with Crippen LogP contribution in [0.1, 0.15) is 6.92 Å². The van der Waals surface area contributed by atoms with Crippen LogP contribution in [0.3, 0.4) is 0 Å². The summed E-state index contributed by atoms with van der Waals surface area (Å²) >= 11 is 0. The molecule has 1 N–H and O–H groups in total. The molecule has 2 heterocycles. The second kappa shape index (κ2) is 3.87. The fourth-order valence-corrected chi connectivity index (χ4v) is 1.15. The zero-order chi connectivity index (χ0) is 9.80. The van der Waals surface area contributed by atoms with Crippen molar-refractivity contribution in [1.82, 2.24) is 19.7 Å². The van der Waals surface area contributed by atoms with Crippen molar-refractivity contribution in [2.24, 2.45) is 0 Å². The summed E-state index contributed by atoms with van der Waals surface area (Å²) in [6.07, 6.45) is 5.09. The summed E-state index contributed by atoms with van der Waals surface area (Å²) in [6, 6.07) is 3.71. The third-order valence-electron chi connectivity index (χ3n) is 1.75. The lowest BCUT2D eigenvalue weighted by molar-refractivity contribution is 0.839. The number of hydrogen-bond acceptors (Lipinski definition) is 4. The number of anilines is 1. The molecule has 72 valence electrons. The van der Waals surface area contributed by atoms with Crippen molar-refractivity contribution in [3.05, 3.63) is 30.9 Å². The van der Waals surface area contributed by atoms with Gasteiger partial charge in [0.1, 0.15) is 12.1 Å². The van der Waals surface area contributed by atoms with Gasteiger partial charge in [-0.15, -0.1) is 0 Å². The Morgan fingerprint density at radius 2 is 2.36 bits per heavy atom. The van der Waals surface area contributed by atoms with Crippen LogP contribution in [-0.2, 0) is 0 Å². The number of rotatable bonds is 3. The maximum Gasteiger partial charge on any atom is 0.158 e. The van der Waals surface area contributed by atoms with Crippen LogP contribution in [0.15, 0.2) is 30.9 Å². The summed E-state index contributed by atoms with van der Waals surface area (Å²) in [7, 11) is 0. The Labute approximate surface area is 81.8 Å². The minimum absolute atomic E-state index is 0.765. The van der Waals surface area contributed by atoms with Crippen LogP contribution in [0.25, 0.3) is 5.82 Å². The van der Waals surface area contributed by atoms with Gasteiger partial charge in [-0.05, 0) is 13.0 Å². The molecule has 0 aliphatic carbocycles. The first-order chi connectivity index (χ1) is 6.90. The zero-order valence-corrected chi connectivity index (χ0v) is 7.88. The molecule has 2 aromatic heterocycles. The van der Waals surface area contributed by atoms with Gasteiger partial charge in [0.05, 0.1) is 0 Å². The van der Waals surface area contributed by atoms with E-state index in [-0.39, 0.29) is 0 Å². The Bertz CT molecular complexity index is 395. The van der Waals surface area contributed by atoms with Crippen LogP contribution < -0.4 is 5.32 Å². The summed E-state index contributed by atoms with van der Waals surface area (Å²) < 4.78 is 1.70. The topological polar surface area (TPSA) is 55.6 Å². The predicted octanol–water partition coefficient (Wildman–Crippen LogP) is 1.09. The largest absolute Gasteiger partial charge is 0.370 e. The first kappa shape index (κ1) is 8.68. The first-order valence-electron chi connectivity index (χ1n) is 4.46. The highest BCUT2D eigenvalue weighted by atomic mass is 15.3. The highest BCUT2D eigenvalue weighted by Crippen LogP contribution is 2.06. The van der Waals surface area contributed by atoms with Gasteiger partial charge in [-0.2, -0.15) is 5.10 Å². The van der Waals surface area contributed by atoms with Crippen molar-refractivity contribution in [3.8, 4) is 5.82 Å². The highest BCUT2D eigenvalue weighted by Gasteiger charge is 1.99. The van der Waals surface area contributed by atoms with Gasteiger partial charge < -0.3 is 5.32 Å². The van der Waals surface area contributed by atoms with E-state index in [9.17, 15) is 0 Å².